The molecule has 0 spiro atoms. The van der Waals surface area contributed by atoms with Crippen LogP contribution >= 0.6 is 11.3 Å². The number of oxime groups is 1. The Morgan fingerprint density at radius 3 is 2.77 bits per heavy atom. The van der Waals surface area contributed by atoms with Crippen LogP contribution in [0.1, 0.15) is 36.9 Å². The summed E-state index contributed by atoms with van der Waals surface area (Å²) in [5, 5.41) is 15.6. The molecule has 162 valence electrons. The molecule has 1 aliphatic carbocycles. The lowest BCUT2D eigenvalue weighted by molar-refractivity contribution is 0.285. The number of amidine groups is 1. The van der Waals surface area contributed by atoms with E-state index >= 15 is 0 Å². The summed E-state index contributed by atoms with van der Waals surface area (Å²) in [6, 6.07) is 0.230. The van der Waals surface area contributed by atoms with E-state index in [9.17, 15) is 0 Å². The third kappa shape index (κ3) is 5.03. The van der Waals surface area contributed by atoms with Gasteiger partial charge in [0.05, 0.1) is 12.2 Å². The highest BCUT2D eigenvalue weighted by Crippen LogP contribution is 2.36. The number of nitrogens with one attached hydrogen (secondary N) is 1. The summed E-state index contributed by atoms with van der Waals surface area (Å²) >= 11 is 1.63. The molecule has 2 heterocycles. The minimum Gasteiger partial charge on any atom is -0.409 e. The number of hydrogen-bond acceptors (Lipinski definition) is 10. The van der Waals surface area contributed by atoms with Crippen molar-refractivity contribution in [1.82, 2.24) is 19.9 Å². The Morgan fingerprint density at radius 2 is 2.20 bits per heavy atom. The van der Waals surface area contributed by atoms with Crippen LogP contribution in [0.3, 0.4) is 0 Å². The van der Waals surface area contributed by atoms with E-state index in [4.69, 9.17) is 10.9 Å². The van der Waals surface area contributed by atoms with Gasteiger partial charge < -0.3 is 21.2 Å². The monoisotopic (exact) mass is 431 g/mol. The summed E-state index contributed by atoms with van der Waals surface area (Å²) in [4.78, 5) is 22.5. The fourth-order valence-electron chi connectivity index (χ4n) is 3.51. The van der Waals surface area contributed by atoms with Crippen LogP contribution in [-0.4, -0.2) is 64.4 Å². The molecule has 3 rings (SSSR count). The third-order valence-electron chi connectivity index (χ3n) is 5.32. The molecule has 0 unspecified atom stereocenters. The van der Waals surface area contributed by atoms with E-state index in [0.29, 0.717) is 24.2 Å². The van der Waals surface area contributed by atoms with Crippen LogP contribution in [-0.2, 0) is 6.54 Å². The highest BCUT2D eigenvalue weighted by atomic mass is 32.1. The van der Waals surface area contributed by atoms with Crippen LogP contribution in [0.4, 0.5) is 17.3 Å². The van der Waals surface area contributed by atoms with Gasteiger partial charge in [0.2, 0.25) is 11.7 Å². The first kappa shape index (κ1) is 21.9. The minimum atomic E-state index is -0.171. The van der Waals surface area contributed by atoms with E-state index < -0.39 is 0 Å². The molecule has 2 aromatic rings. The van der Waals surface area contributed by atoms with Gasteiger partial charge in [-0.3, -0.25) is 9.88 Å². The topological polar surface area (TPSA) is 128 Å². The Kier molecular flexibility index (Phi) is 7.16. The van der Waals surface area contributed by atoms with Crippen molar-refractivity contribution in [2.45, 2.75) is 38.8 Å². The van der Waals surface area contributed by atoms with E-state index in [1.54, 1.807) is 11.3 Å². The molecule has 4 N–H and O–H groups in total. The first-order valence-corrected chi connectivity index (χ1v) is 10.7. The number of aromatic nitrogens is 3. The largest absolute Gasteiger partial charge is 0.409 e. The first-order valence-electron chi connectivity index (χ1n) is 9.83. The van der Waals surface area contributed by atoms with Gasteiger partial charge in [-0.2, -0.15) is 0 Å². The van der Waals surface area contributed by atoms with Crippen LogP contribution < -0.4 is 16.0 Å². The van der Waals surface area contributed by atoms with Crippen LogP contribution in [0, 0.1) is 5.92 Å². The molecule has 0 aromatic carbocycles. The number of hydrogen-bond donors (Lipinski definition) is 3. The second-order valence-corrected chi connectivity index (χ2v) is 8.63. The maximum Gasteiger partial charge on any atom is 0.208 e. The average Bonchev–Trinajstić information content (AvgIpc) is 3.17. The van der Waals surface area contributed by atoms with Gasteiger partial charge >= 0.3 is 0 Å². The van der Waals surface area contributed by atoms with E-state index in [1.165, 1.54) is 24.1 Å². The highest BCUT2D eigenvalue weighted by Gasteiger charge is 2.27. The summed E-state index contributed by atoms with van der Waals surface area (Å²) in [6.45, 7) is 7.20. The Bertz CT molecular complexity index is 882. The molecule has 1 saturated carbocycles. The van der Waals surface area contributed by atoms with Crippen molar-refractivity contribution in [2.75, 3.05) is 31.0 Å². The lowest BCUT2D eigenvalue weighted by Gasteiger charge is -2.34. The molecular weight excluding hydrogens is 402 g/mol. The normalized spacial score (nSPS) is 15.7. The number of anilines is 2. The van der Waals surface area contributed by atoms with Crippen molar-refractivity contribution < 1.29 is 5.21 Å². The maximum atomic E-state index is 9.07. The molecule has 30 heavy (non-hydrogen) atoms. The first-order chi connectivity index (χ1) is 14.4. The molecule has 0 amide bonds. The van der Waals surface area contributed by atoms with Gasteiger partial charge in [0.25, 0.3) is 0 Å². The average molecular weight is 432 g/mol. The molecule has 2 aromatic heterocycles. The molecule has 0 saturated heterocycles. The number of nitrogens with zero attached hydrogens (tertiary/aromatic N) is 7. The zero-order chi connectivity index (χ0) is 21.7. The summed E-state index contributed by atoms with van der Waals surface area (Å²) in [5.41, 5.74) is 8.31. The molecule has 0 radical (unpaired) electrons. The summed E-state index contributed by atoms with van der Waals surface area (Å²) in [7, 11) is 3.99. The van der Waals surface area contributed by atoms with E-state index in [2.05, 4.69) is 49.0 Å². The molecule has 0 aliphatic heterocycles. The second-order valence-electron chi connectivity index (χ2n) is 7.66. The molecule has 10 nitrogen and oxygen atoms in total. The van der Waals surface area contributed by atoms with E-state index in [1.807, 2.05) is 30.7 Å². The van der Waals surface area contributed by atoms with Crippen molar-refractivity contribution in [2.24, 2.45) is 21.8 Å². The molecule has 1 fully saturated rings. The second kappa shape index (κ2) is 9.81. The number of aliphatic imine (C=N–C) groups is 1. The lowest BCUT2D eigenvalue weighted by atomic mass is 9.80. The Balaban J connectivity index is 1.89. The van der Waals surface area contributed by atoms with Crippen molar-refractivity contribution in [1.29, 1.82) is 0 Å². The van der Waals surface area contributed by atoms with Crippen molar-refractivity contribution in [3.63, 3.8) is 0 Å². The minimum absolute atomic E-state index is 0.110. The quantitative estimate of drug-likeness (QED) is 0.172. The summed E-state index contributed by atoms with van der Waals surface area (Å²) in [6.07, 6.45) is 5.52. The fourth-order valence-corrected chi connectivity index (χ4v) is 4.18. The van der Waals surface area contributed by atoms with Crippen LogP contribution in [0.5, 0.6) is 0 Å². The third-order valence-corrected chi connectivity index (χ3v) is 6.08. The van der Waals surface area contributed by atoms with E-state index in [-0.39, 0.29) is 17.7 Å². The van der Waals surface area contributed by atoms with Crippen LogP contribution in [0.25, 0.3) is 0 Å². The smallest absolute Gasteiger partial charge is 0.208 e. The number of thiazole rings is 1. The molecule has 11 heteroatoms. The van der Waals surface area contributed by atoms with Gasteiger partial charge in [-0.05, 0) is 39.4 Å². The van der Waals surface area contributed by atoms with Gasteiger partial charge in [-0.25, -0.2) is 15.0 Å². The molecule has 1 aliphatic rings. The van der Waals surface area contributed by atoms with Gasteiger partial charge in [-0.1, -0.05) is 11.6 Å². The lowest BCUT2D eigenvalue weighted by Crippen LogP contribution is -2.35. The van der Waals surface area contributed by atoms with Gasteiger partial charge in [0.1, 0.15) is 5.69 Å². The van der Waals surface area contributed by atoms with Crippen molar-refractivity contribution >= 4 is 41.2 Å². The van der Waals surface area contributed by atoms with Gasteiger partial charge in [-0.15, -0.1) is 11.3 Å². The summed E-state index contributed by atoms with van der Waals surface area (Å²) in [5.74, 6) is 1.51. The van der Waals surface area contributed by atoms with Crippen molar-refractivity contribution in [3.05, 3.63) is 22.4 Å². The highest BCUT2D eigenvalue weighted by molar-refractivity contribution is 7.09. The predicted molar refractivity (Wildman–Crippen MR) is 121 cm³/mol. The predicted octanol–water partition coefficient (Wildman–Crippen LogP) is 2.49. The number of rotatable bonds is 10. The summed E-state index contributed by atoms with van der Waals surface area (Å²) < 4.78 is 0. The van der Waals surface area contributed by atoms with E-state index in [0.717, 1.165) is 12.2 Å². The standard InChI is InChI=1S/C19H29N9OS/c1-12(13-6-5-7-13)23-18-15(17(21-2)24-19(25-18)16(20)26-29)28(4)11-27(3)9-14-8-22-10-30-14/h8,10,12-13,29H,2,5-7,9,11H2,1,3-4H3,(H2,20,26)(H,23,24,25)/t12-/m1/s1. The van der Waals surface area contributed by atoms with Gasteiger partial charge in [0, 0.05) is 30.7 Å². The van der Waals surface area contributed by atoms with Crippen molar-refractivity contribution in [3.8, 4) is 0 Å². The Morgan fingerprint density at radius 1 is 1.43 bits per heavy atom. The van der Waals surface area contributed by atoms with Gasteiger partial charge in [0.15, 0.2) is 11.6 Å². The van der Waals surface area contributed by atoms with Crippen LogP contribution in [0.2, 0.25) is 0 Å². The SMILES string of the molecule is C=Nc1nc(/C(N)=N/O)nc(N[C@H](C)C2CCC2)c1N(C)CN(C)Cc1cncs1. The Labute approximate surface area is 180 Å². The molecule has 1 atom stereocenters. The zero-order valence-corrected chi connectivity index (χ0v) is 18.4. The maximum absolute atomic E-state index is 9.07. The zero-order valence-electron chi connectivity index (χ0n) is 17.6. The van der Waals surface area contributed by atoms with Crippen LogP contribution in [0.15, 0.2) is 21.9 Å². The Hall–Kier alpha value is -2.79. The molecule has 0 bridgehead atoms. The fraction of sp³-hybridized carbons (Fsp3) is 0.526. The molecular formula is C19H29N9OS. The number of nitrogens with two attached hydrogens (primary N) is 1.